The number of rotatable bonds is 9. The maximum absolute atomic E-state index is 12.5. The lowest BCUT2D eigenvalue weighted by atomic mass is 10.1. The molecule has 0 aliphatic carbocycles. The molecule has 1 fully saturated rings. The van der Waals surface area contributed by atoms with Gasteiger partial charge in [-0.2, -0.15) is 0 Å². The summed E-state index contributed by atoms with van der Waals surface area (Å²) in [5.41, 5.74) is 1.64. The summed E-state index contributed by atoms with van der Waals surface area (Å²) >= 11 is 0. The Hall–Kier alpha value is -4.08. The summed E-state index contributed by atoms with van der Waals surface area (Å²) in [6, 6.07) is 10.2. The molecule has 1 N–H and O–H groups in total. The third-order valence-electron chi connectivity index (χ3n) is 5.95. The highest BCUT2D eigenvalue weighted by Crippen LogP contribution is 2.29. The van der Waals surface area contributed by atoms with Crippen LogP contribution in [0.15, 0.2) is 36.4 Å². The number of likely N-dealkylation sites (tertiary alicyclic amines) is 1. The highest BCUT2D eigenvalue weighted by molar-refractivity contribution is 6.02. The number of anilines is 1. The first kappa shape index (κ1) is 24.1. The van der Waals surface area contributed by atoms with Gasteiger partial charge in [0.25, 0.3) is 5.91 Å². The molecule has 10 heteroatoms. The Labute approximate surface area is 202 Å². The van der Waals surface area contributed by atoms with E-state index in [4.69, 9.17) is 18.9 Å². The lowest BCUT2D eigenvalue weighted by Gasteiger charge is -2.18. The van der Waals surface area contributed by atoms with Crippen LogP contribution in [-0.2, 0) is 25.5 Å². The van der Waals surface area contributed by atoms with Gasteiger partial charge in [0, 0.05) is 25.1 Å². The molecule has 0 bridgehead atoms. The predicted molar refractivity (Wildman–Crippen MR) is 124 cm³/mol. The summed E-state index contributed by atoms with van der Waals surface area (Å²) in [5, 5.41) is 2.63. The van der Waals surface area contributed by atoms with E-state index in [2.05, 4.69) is 5.32 Å². The van der Waals surface area contributed by atoms with Crippen LogP contribution in [0.1, 0.15) is 22.3 Å². The van der Waals surface area contributed by atoms with E-state index in [0.29, 0.717) is 35.9 Å². The first-order valence-electron chi connectivity index (χ1n) is 11.1. The number of methoxy groups -OCH3 is 2. The zero-order valence-electron chi connectivity index (χ0n) is 19.5. The first-order valence-corrected chi connectivity index (χ1v) is 11.1. The first-order chi connectivity index (χ1) is 16.9. The molecule has 0 aromatic heterocycles. The smallest absolute Gasteiger partial charge is 0.311 e. The Kier molecular flexibility index (Phi) is 7.19. The SMILES string of the molecule is COc1ccc(CCN2C[C@H](C(=O)OCC(=O)c3ccc4c(c3)NC(=O)CO4)CC2=O)cc1OC. The number of benzene rings is 2. The number of Topliss-reactive ketones (excluding diaryl/α,β-unsaturated/α-hetero) is 1. The third kappa shape index (κ3) is 5.53. The molecule has 0 saturated carbocycles. The molecule has 184 valence electrons. The molecule has 2 aliphatic rings. The zero-order valence-corrected chi connectivity index (χ0v) is 19.5. The van der Waals surface area contributed by atoms with Crippen molar-refractivity contribution in [2.45, 2.75) is 12.8 Å². The molecule has 2 heterocycles. The second-order valence-electron chi connectivity index (χ2n) is 8.26. The van der Waals surface area contributed by atoms with Crippen molar-refractivity contribution >= 4 is 29.3 Å². The van der Waals surface area contributed by atoms with Crippen molar-refractivity contribution in [1.29, 1.82) is 0 Å². The number of amides is 2. The number of nitrogens with zero attached hydrogens (tertiary/aromatic N) is 1. The number of fused-ring (bicyclic) bond motifs is 1. The normalized spacial score (nSPS) is 16.7. The number of hydrogen-bond acceptors (Lipinski definition) is 8. The molecule has 2 aromatic carbocycles. The number of ketones is 1. The number of esters is 1. The van der Waals surface area contributed by atoms with Gasteiger partial charge in [-0.25, -0.2) is 0 Å². The molecular formula is C25H26N2O8. The van der Waals surface area contributed by atoms with Gasteiger partial charge in [0.05, 0.1) is 25.8 Å². The maximum atomic E-state index is 12.5. The maximum Gasteiger partial charge on any atom is 0.311 e. The summed E-state index contributed by atoms with van der Waals surface area (Å²) in [6.45, 7) is 0.146. The van der Waals surface area contributed by atoms with Crippen LogP contribution >= 0.6 is 0 Å². The van der Waals surface area contributed by atoms with Gasteiger partial charge in [-0.3, -0.25) is 19.2 Å². The molecule has 10 nitrogen and oxygen atoms in total. The van der Waals surface area contributed by atoms with Gasteiger partial charge in [-0.05, 0) is 42.3 Å². The highest BCUT2D eigenvalue weighted by Gasteiger charge is 2.35. The van der Waals surface area contributed by atoms with Crippen LogP contribution in [0, 0.1) is 5.92 Å². The average molecular weight is 482 g/mol. The van der Waals surface area contributed by atoms with Crippen LogP contribution in [-0.4, -0.2) is 69.0 Å². The van der Waals surface area contributed by atoms with E-state index >= 15 is 0 Å². The number of hydrogen-bond donors (Lipinski definition) is 1. The zero-order chi connectivity index (χ0) is 24.9. The van der Waals surface area contributed by atoms with Crippen LogP contribution in [0.3, 0.4) is 0 Å². The van der Waals surface area contributed by atoms with E-state index < -0.39 is 24.3 Å². The van der Waals surface area contributed by atoms with Crippen molar-refractivity contribution in [2.75, 3.05) is 45.8 Å². The van der Waals surface area contributed by atoms with Crippen molar-refractivity contribution in [1.82, 2.24) is 4.90 Å². The second kappa shape index (κ2) is 10.5. The van der Waals surface area contributed by atoms with Gasteiger partial charge >= 0.3 is 5.97 Å². The number of nitrogens with one attached hydrogen (secondary N) is 1. The van der Waals surface area contributed by atoms with Crippen LogP contribution in [0.25, 0.3) is 0 Å². The van der Waals surface area contributed by atoms with Crippen molar-refractivity contribution in [3.63, 3.8) is 0 Å². The molecule has 1 saturated heterocycles. The van der Waals surface area contributed by atoms with Gasteiger partial charge in [-0.1, -0.05) is 6.07 Å². The summed E-state index contributed by atoms with van der Waals surface area (Å²) in [4.78, 5) is 50.5. The standard InChI is InChI=1S/C25H26N2O8/c1-32-21-5-3-15(9-22(21)33-2)7-8-27-12-17(11-24(27)30)25(31)35-13-19(28)16-4-6-20-18(10-16)26-23(29)14-34-20/h3-6,9-10,17H,7-8,11-14H2,1-2H3,(H,26,29)/t17-/m1/s1. The lowest BCUT2D eigenvalue weighted by Crippen LogP contribution is -2.29. The molecule has 0 radical (unpaired) electrons. The fraction of sp³-hybridized carbons (Fsp3) is 0.360. The van der Waals surface area contributed by atoms with Gasteiger partial charge in [0.2, 0.25) is 5.91 Å². The van der Waals surface area contributed by atoms with E-state index in [1.54, 1.807) is 37.3 Å². The van der Waals surface area contributed by atoms with Crippen molar-refractivity contribution in [3.8, 4) is 17.2 Å². The van der Waals surface area contributed by atoms with Crippen molar-refractivity contribution in [3.05, 3.63) is 47.5 Å². The lowest BCUT2D eigenvalue weighted by molar-refractivity contribution is -0.147. The second-order valence-corrected chi connectivity index (χ2v) is 8.26. The summed E-state index contributed by atoms with van der Waals surface area (Å²) in [6.07, 6.45) is 0.631. The predicted octanol–water partition coefficient (Wildman–Crippen LogP) is 1.85. The monoisotopic (exact) mass is 482 g/mol. The minimum atomic E-state index is -0.628. The van der Waals surface area contributed by atoms with Crippen molar-refractivity contribution in [2.24, 2.45) is 5.92 Å². The number of ether oxygens (including phenoxy) is 4. The Bertz CT molecular complexity index is 1160. The molecule has 2 amide bonds. The van der Waals surface area contributed by atoms with Crippen LogP contribution < -0.4 is 19.5 Å². The van der Waals surface area contributed by atoms with Crippen LogP contribution in [0.4, 0.5) is 5.69 Å². The fourth-order valence-electron chi connectivity index (χ4n) is 4.04. The Balaban J connectivity index is 1.28. The van der Waals surface area contributed by atoms with E-state index in [1.165, 1.54) is 6.07 Å². The minimum absolute atomic E-state index is 0.0428. The molecule has 2 aromatic rings. The van der Waals surface area contributed by atoms with E-state index in [1.807, 2.05) is 12.1 Å². The number of carbonyl (C=O) groups is 4. The average Bonchev–Trinajstić information content (AvgIpc) is 3.25. The Morgan fingerprint density at radius 2 is 1.89 bits per heavy atom. The van der Waals surface area contributed by atoms with Gasteiger partial charge in [0.1, 0.15) is 5.75 Å². The third-order valence-corrected chi connectivity index (χ3v) is 5.95. The molecule has 1 atom stereocenters. The molecular weight excluding hydrogens is 456 g/mol. The van der Waals surface area contributed by atoms with E-state index in [9.17, 15) is 19.2 Å². The van der Waals surface area contributed by atoms with Gasteiger partial charge < -0.3 is 29.2 Å². The molecule has 35 heavy (non-hydrogen) atoms. The van der Waals surface area contributed by atoms with E-state index in [-0.39, 0.29) is 37.0 Å². The van der Waals surface area contributed by atoms with Crippen LogP contribution in [0.2, 0.25) is 0 Å². The molecule has 2 aliphatic heterocycles. The number of carbonyl (C=O) groups excluding carboxylic acids is 4. The highest BCUT2D eigenvalue weighted by atomic mass is 16.5. The Morgan fingerprint density at radius 3 is 2.66 bits per heavy atom. The van der Waals surface area contributed by atoms with Crippen LogP contribution in [0.5, 0.6) is 17.2 Å². The summed E-state index contributed by atoms with van der Waals surface area (Å²) in [7, 11) is 3.12. The summed E-state index contributed by atoms with van der Waals surface area (Å²) in [5.74, 6) is -0.380. The molecule has 0 unspecified atom stereocenters. The van der Waals surface area contributed by atoms with Crippen molar-refractivity contribution < 1.29 is 38.1 Å². The molecule has 0 spiro atoms. The molecule has 4 rings (SSSR count). The van der Waals surface area contributed by atoms with Gasteiger partial charge in [-0.15, -0.1) is 0 Å². The van der Waals surface area contributed by atoms with E-state index in [0.717, 1.165) is 5.56 Å². The topological polar surface area (TPSA) is 120 Å². The Morgan fingerprint density at radius 1 is 1.09 bits per heavy atom. The minimum Gasteiger partial charge on any atom is -0.493 e. The summed E-state index contributed by atoms with van der Waals surface area (Å²) < 4.78 is 21.0. The van der Waals surface area contributed by atoms with Gasteiger partial charge in [0.15, 0.2) is 30.5 Å². The quantitative estimate of drug-likeness (QED) is 0.425. The largest absolute Gasteiger partial charge is 0.493 e. The fourth-order valence-corrected chi connectivity index (χ4v) is 4.04.